The van der Waals surface area contributed by atoms with E-state index in [1.54, 1.807) is 0 Å². The van der Waals surface area contributed by atoms with E-state index < -0.39 is 0 Å². The van der Waals surface area contributed by atoms with Gasteiger partial charge in [-0.05, 0) is 27.7 Å². The summed E-state index contributed by atoms with van der Waals surface area (Å²) in [5.41, 5.74) is 3.69. The molecule has 1 atom stereocenters. The standard InChI is InChI=1S/C12H21N3O/c1-8(2)15-10(4)12(9(3)14-15)11-7-16-6-5-13-11/h8,11,13H,5-7H2,1-4H3. The highest BCUT2D eigenvalue weighted by Crippen LogP contribution is 2.25. The molecule has 0 bridgehead atoms. The van der Waals surface area contributed by atoms with Crippen LogP contribution in [0.15, 0.2) is 0 Å². The summed E-state index contributed by atoms with van der Waals surface area (Å²) in [5.74, 6) is 0. The van der Waals surface area contributed by atoms with Gasteiger partial charge in [-0.2, -0.15) is 5.10 Å². The molecule has 0 saturated carbocycles. The normalized spacial score (nSPS) is 21.7. The summed E-state index contributed by atoms with van der Waals surface area (Å²) in [5, 5.41) is 8.10. The van der Waals surface area contributed by atoms with Crippen molar-refractivity contribution in [3.8, 4) is 0 Å². The number of aromatic nitrogens is 2. The molecule has 1 aliphatic heterocycles. The van der Waals surface area contributed by atoms with Gasteiger partial charge in [0.15, 0.2) is 0 Å². The first-order chi connectivity index (χ1) is 7.61. The number of nitrogens with one attached hydrogen (secondary N) is 1. The third-order valence-corrected chi connectivity index (χ3v) is 3.14. The molecule has 1 fully saturated rings. The Kier molecular flexibility index (Phi) is 3.30. The van der Waals surface area contributed by atoms with Crippen molar-refractivity contribution in [2.45, 2.75) is 39.8 Å². The zero-order chi connectivity index (χ0) is 11.7. The molecule has 1 aliphatic rings. The summed E-state index contributed by atoms with van der Waals surface area (Å²) >= 11 is 0. The molecule has 2 heterocycles. The Labute approximate surface area is 97.0 Å². The molecule has 16 heavy (non-hydrogen) atoms. The predicted octanol–water partition coefficient (Wildman–Crippen LogP) is 1.74. The number of nitrogens with zero attached hydrogens (tertiary/aromatic N) is 2. The van der Waals surface area contributed by atoms with E-state index in [1.807, 2.05) is 0 Å². The second-order valence-corrected chi connectivity index (χ2v) is 4.70. The van der Waals surface area contributed by atoms with Crippen molar-refractivity contribution in [3.63, 3.8) is 0 Å². The van der Waals surface area contributed by atoms with Crippen molar-refractivity contribution in [2.24, 2.45) is 0 Å². The van der Waals surface area contributed by atoms with E-state index in [-0.39, 0.29) is 0 Å². The second kappa shape index (κ2) is 4.55. The first-order valence-corrected chi connectivity index (χ1v) is 5.98. The van der Waals surface area contributed by atoms with E-state index in [4.69, 9.17) is 4.74 Å². The summed E-state index contributed by atoms with van der Waals surface area (Å²) in [7, 11) is 0. The van der Waals surface area contributed by atoms with Crippen LogP contribution >= 0.6 is 0 Å². The minimum Gasteiger partial charge on any atom is -0.378 e. The van der Waals surface area contributed by atoms with Crippen LogP contribution in [-0.4, -0.2) is 29.5 Å². The van der Waals surface area contributed by atoms with Gasteiger partial charge in [0.1, 0.15) is 0 Å². The fraction of sp³-hybridized carbons (Fsp3) is 0.750. The zero-order valence-electron chi connectivity index (χ0n) is 10.6. The van der Waals surface area contributed by atoms with Gasteiger partial charge in [-0.15, -0.1) is 0 Å². The quantitative estimate of drug-likeness (QED) is 0.830. The molecule has 2 rings (SSSR count). The lowest BCUT2D eigenvalue weighted by Gasteiger charge is -2.24. The third-order valence-electron chi connectivity index (χ3n) is 3.14. The highest BCUT2D eigenvalue weighted by atomic mass is 16.5. The van der Waals surface area contributed by atoms with Gasteiger partial charge in [0, 0.05) is 23.8 Å². The van der Waals surface area contributed by atoms with Gasteiger partial charge < -0.3 is 10.1 Å². The topological polar surface area (TPSA) is 39.1 Å². The first-order valence-electron chi connectivity index (χ1n) is 5.98. The number of hydrogen-bond donors (Lipinski definition) is 1. The van der Waals surface area contributed by atoms with Crippen molar-refractivity contribution >= 4 is 0 Å². The Hall–Kier alpha value is -0.870. The molecule has 90 valence electrons. The molecule has 0 spiro atoms. The third kappa shape index (κ3) is 1.99. The first kappa shape index (κ1) is 11.6. The predicted molar refractivity (Wildman–Crippen MR) is 63.6 cm³/mol. The van der Waals surface area contributed by atoms with Crippen LogP contribution in [0.2, 0.25) is 0 Å². The van der Waals surface area contributed by atoms with Crippen molar-refractivity contribution in [3.05, 3.63) is 17.0 Å². The lowest BCUT2D eigenvalue weighted by molar-refractivity contribution is 0.0764. The van der Waals surface area contributed by atoms with E-state index in [2.05, 4.69) is 42.8 Å². The molecular weight excluding hydrogens is 202 g/mol. The molecule has 1 aromatic rings. The van der Waals surface area contributed by atoms with Crippen molar-refractivity contribution < 1.29 is 4.74 Å². The van der Waals surface area contributed by atoms with Gasteiger partial charge in [0.25, 0.3) is 0 Å². The fourth-order valence-corrected chi connectivity index (χ4v) is 2.43. The average molecular weight is 223 g/mol. The average Bonchev–Trinajstić information content (AvgIpc) is 2.56. The number of rotatable bonds is 2. The summed E-state index contributed by atoms with van der Waals surface area (Å²) in [6.45, 7) is 11.0. The minimum atomic E-state index is 0.307. The van der Waals surface area contributed by atoms with Crippen molar-refractivity contribution in [2.75, 3.05) is 19.8 Å². The van der Waals surface area contributed by atoms with Crippen LogP contribution in [0.25, 0.3) is 0 Å². The Morgan fingerprint density at radius 1 is 1.44 bits per heavy atom. The lowest BCUT2D eigenvalue weighted by atomic mass is 10.0. The molecule has 0 aromatic carbocycles. The molecular formula is C12H21N3O. The van der Waals surface area contributed by atoms with Gasteiger partial charge >= 0.3 is 0 Å². The van der Waals surface area contributed by atoms with Crippen molar-refractivity contribution in [1.82, 2.24) is 15.1 Å². The summed E-state index contributed by atoms with van der Waals surface area (Å²) in [6, 6.07) is 0.721. The van der Waals surface area contributed by atoms with E-state index in [1.165, 1.54) is 11.3 Å². The van der Waals surface area contributed by atoms with Crippen LogP contribution in [0.1, 0.15) is 42.9 Å². The van der Waals surface area contributed by atoms with Gasteiger partial charge in [-0.1, -0.05) is 0 Å². The van der Waals surface area contributed by atoms with Crippen LogP contribution in [0.3, 0.4) is 0 Å². The number of aryl methyl sites for hydroxylation is 1. The smallest absolute Gasteiger partial charge is 0.0663 e. The molecule has 0 radical (unpaired) electrons. The van der Waals surface area contributed by atoms with E-state index >= 15 is 0 Å². The molecule has 4 nitrogen and oxygen atoms in total. The molecule has 1 unspecified atom stereocenters. The van der Waals surface area contributed by atoms with Gasteiger partial charge in [0.05, 0.1) is 24.9 Å². The van der Waals surface area contributed by atoms with Gasteiger partial charge in [-0.25, -0.2) is 0 Å². The Bertz CT molecular complexity index is 365. The maximum absolute atomic E-state index is 5.52. The molecule has 1 aromatic heterocycles. The maximum atomic E-state index is 5.52. The van der Waals surface area contributed by atoms with Crippen LogP contribution in [-0.2, 0) is 4.74 Å². The summed E-state index contributed by atoms with van der Waals surface area (Å²) in [6.07, 6.45) is 0. The van der Waals surface area contributed by atoms with Crippen LogP contribution in [0, 0.1) is 13.8 Å². The van der Waals surface area contributed by atoms with Crippen LogP contribution in [0.4, 0.5) is 0 Å². The highest BCUT2D eigenvalue weighted by molar-refractivity contribution is 5.29. The fourth-order valence-electron chi connectivity index (χ4n) is 2.43. The molecule has 0 aliphatic carbocycles. The summed E-state index contributed by atoms with van der Waals surface area (Å²) < 4.78 is 7.61. The molecule has 1 saturated heterocycles. The molecule has 0 amide bonds. The van der Waals surface area contributed by atoms with E-state index in [9.17, 15) is 0 Å². The second-order valence-electron chi connectivity index (χ2n) is 4.70. The molecule has 4 heteroatoms. The van der Waals surface area contributed by atoms with Crippen LogP contribution < -0.4 is 5.32 Å². The molecule has 1 N–H and O–H groups in total. The Balaban J connectivity index is 2.32. The maximum Gasteiger partial charge on any atom is 0.0663 e. The van der Waals surface area contributed by atoms with E-state index in [0.717, 1.165) is 25.5 Å². The van der Waals surface area contributed by atoms with E-state index in [0.29, 0.717) is 12.1 Å². The summed E-state index contributed by atoms with van der Waals surface area (Å²) in [4.78, 5) is 0. The number of hydrogen-bond acceptors (Lipinski definition) is 3. The van der Waals surface area contributed by atoms with Gasteiger partial charge in [0.2, 0.25) is 0 Å². The lowest BCUT2D eigenvalue weighted by Crippen LogP contribution is -2.35. The van der Waals surface area contributed by atoms with Crippen LogP contribution in [0.5, 0.6) is 0 Å². The largest absolute Gasteiger partial charge is 0.378 e. The number of ether oxygens (including phenoxy) is 1. The monoisotopic (exact) mass is 223 g/mol. The zero-order valence-corrected chi connectivity index (χ0v) is 10.6. The van der Waals surface area contributed by atoms with Gasteiger partial charge in [-0.3, -0.25) is 4.68 Å². The Morgan fingerprint density at radius 3 is 2.69 bits per heavy atom. The Morgan fingerprint density at radius 2 is 2.19 bits per heavy atom. The number of morpholine rings is 1. The minimum absolute atomic E-state index is 0.307. The van der Waals surface area contributed by atoms with Crippen molar-refractivity contribution in [1.29, 1.82) is 0 Å². The SMILES string of the molecule is Cc1nn(C(C)C)c(C)c1C1COCCN1. The highest BCUT2D eigenvalue weighted by Gasteiger charge is 2.23.